The summed E-state index contributed by atoms with van der Waals surface area (Å²) in [4.78, 5) is 12.4. The number of para-hydroxylation sites is 1. The molecule has 0 spiro atoms. The first-order valence-corrected chi connectivity index (χ1v) is 10.4. The summed E-state index contributed by atoms with van der Waals surface area (Å²) in [6.07, 6.45) is 7.70. The molecule has 1 aromatic heterocycles. The van der Waals surface area contributed by atoms with Gasteiger partial charge in [0.2, 0.25) is 5.91 Å². The van der Waals surface area contributed by atoms with E-state index in [1.807, 2.05) is 42.5 Å². The molecule has 7 nitrogen and oxygen atoms in total. The normalized spacial score (nSPS) is 13.5. The van der Waals surface area contributed by atoms with Crippen molar-refractivity contribution in [3.05, 3.63) is 59.9 Å². The third-order valence-electron chi connectivity index (χ3n) is 5.37. The van der Waals surface area contributed by atoms with E-state index in [9.17, 15) is 4.79 Å². The Balaban J connectivity index is 1.45. The van der Waals surface area contributed by atoms with E-state index in [2.05, 4.69) is 20.1 Å². The van der Waals surface area contributed by atoms with Crippen LogP contribution in [0.4, 0.5) is 5.69 Å². The SMILES string of the molecule is COc1cccc(/C=C/C(=O)Nc2ccc(-c3nnc4n3CCCCC4)cc2)c1OC. The molecule has 0 fully saturated rings. The maximum absolute atomic E-state index is 12.4. The van der Waals surface area contributed by atoms with Crippen molar-refractivity contribution >= 4 is 17.7 Å². The number of hydrogen-bond donors (Lipinski definition) is 1. The number of benzene rings is 2. The Morgan fingerprint density at radius 3 is 2.65 bits per heavy atom. The quantitative estimate of drug-likeness (QED) is 0.603. The van der Waals surface area contributed by atoms with Gasteiger partial charge in [-0.25, -0.2) is 0 Å². The monoisotopic (exact) mass is 418 g/mol. The molecular weight excluding hydrogens is 392 g/mol. The van der Waals surface area contributed by atoms with Crippen molar-refractivity contribution in [1.82, 2.24) is 14.8 Å². The predicted molar refractivity (Wildman–Crippen MR) is 120 cm³/mol. The summed E-state index contributed by atoms with van der Waals surface area (Å²) in [5.41, 5.74) is 2.47. The average molecular weight is 418 g/mol. The summed E-state index contributed by atoms with van der Waals surface area (Å²) >= 11 is 0. The molecule has 0 aliphatic carbocycles. The molecule has 1 aliphatic rings. The summed E-state index contributed by atoms with van der Waals surface area (Å²) in [6.45, 7) is 0.953. The molecule has 0 saturated heterocycles. The van der Waals surface area contributed by atoms with E-state index in [0.29, 0.717) is 17.2 Å². The van der Waals surface area contributed by atoms with Gasteiger partial charge in [0.1, 0.15) is 5.82 Å². The number of amides is 1. The molecule has 0 radical (unpaired) electrons. The highest BCUT2D eigenvalue weighted by atomic mass is 16.5. The zero-order valence-electron chi connectivity index (χ0n) is 17.8. The van der Waals surface area contributed by atoms with Crippen molar-refractivity contribution in [3.63, 3.8) is 0 Å². The van der Waals surface area contributed by atoms with Crippen molar-refractivity contribution in [2.45, 2.75) is 32.2 Å². The number of nitrogens with zero attached hydrogens (tertiary/aromatic N) is 3. The van der Waals surface area contributed by atoms with Crippen LogP contribution in [0.15, 0.2) is 48.5 Å². The summed E-state index contributed by atoms with van der Waals surface area (Å²) in [5, 5.41) is 11.6. The summed E-state index contributed by atoms with van der Waals surface area (Å²) in [6, 6.07) is 13.2. The van der Waals surface area contributed by atoms with Gasteiger partial charge in [0.05, 0.1) is 14.2 Å². The lowest BCUT2D eigenvalue weighted by atomic mass is 10.1. The van der Waals surface area contributed by atoms with Gasteiger partial charge < -0.3 is 19.4 Å². The van der Waals surface area contributed by atoms with Crippen molar-refractivity contribution in [1.29, 1.82) is 0 Å². The number of carbonyl (C=O) groups excluding carboxylic acids is 1. The minimum Gasteiger partial charge on any atom is -0.493 e. The first-order chi connectivity index (χ1) is 15.2. The molecule has 3 aromatic rings. The average Bonchev–Trinajstić information content (AvgIpc) is 3.05. The van der Waals surface area contributed by atoms with Gasteiger partial charge in [-0.1, -0.05) is 18.6 Å². The van der Waals surface area contributed by atoms with E-state index in [1.54, 1.807) is 20.3 Å². The molecule has 7 heteroatoms. The highest BCUT2D eigenvalue weighted by molar-refractivity contribution is 6.02. The van der Waals surface area contributed by atoms with Crippen LogP contribution in [0, 0.1) is 0 Å². The molecule has 31 heavy (non-hydrogen) atoms. The van der Waals surface area contributed by atoms with Crippen LogP contribution in [-0.2, 0) is 17.8 Å². The Hall–Kier alpha value is -3.61. The second-order valence-corrected chi connectivity index (χ2v) is 7.38. The molecule has 0 bridgehead atoms. The molecule has 4 rings (SSSR count). The largest absolute Gasteiger partial charge is 0.493 e. The maximum Gasteiger partial charge on any atom is 0.248 e. The zero-order valence-corrected chi connectivity index (χ0v) is 17.8. The van der Waals surface area contributed by atoms with Gasteiger partial charge in [0.15, 0.2) is 17.3 Å². The fraction of sp³-hybridized carbons (Fsp3) is 0.292. The van der Waals surface area contributed by atoms with Crippen LogP contribution in [0.5, 0.6) is 11.5 Å². The number of aryl methyl sites for hydroxylation is 1. The second kappa shape index (κ2) is 9.47. The maximum atomic E-state index is 12.4. The molecule has 0 atom stereocenters. The highest BCUT2D eigenvalue weighted by Gasteiger charge is 2.16. The van der Waals surface area contributed by atoms with Gasteiger partial charge in [0, 0.05) is 35.9 Å². The van der Waals surface area contributed by atoms with Gasteiger partial charge in [-0.3, -0.25) is 4.79 Å². The molecule has 2 aromatic carbocycles. The summed E-state index contributed by atoms with van der Waals surface area (Å²) in [7, 11) is 3.16. The van der Waals surface area contributed by atoms with Gasteiger partial charge >= 0.3 is 0 Å². The fourth-order valence-electron chi connectivity index (χ4n) is 3.79. The molecule has 2 heterocycles. The lowest BCUT2D eigenvalue weighted by Crippen LogP contribution is -2.08. The third kappa shape index (κ3) is 4.60. The first kappa shape index (κ1) is 20.7. The molecule has 0 unspecified atom stereocenters. The van der Waals surface area contributed by atoms with Gasteiger partial charge in [-0.05, 0) is 49.2 Å². The van der Waals surface area contributed by atoms with Crippen LogP contribution in [0.1, 0.15) is 30.7 Å². The smallest absolute Gasteiger partial charge is 0.248 e. The summed E-state index contributed by atoms with van der Waals surface area (Å²) in [5.74, 6) is 2.93. The number of carbonyl (C=O) groups is 1. The van der Waals surface area contributed by atoms with Crippen LogP contribution >= 0.6 is 0 Å². The lowest BCUT2D eigenvalue weighted by Gasteiger charge is -2.10. The number of fused-ring (bicyclic) bond motifs is 1. The third-order valence-corrected chi connectivity index (χ3v) is 5.37. The van der Waals surface area contributed by atoms with E-state index in [0.717, 1.165) is 48.6 Å². The van der Waals surface area contributed by atoms with Crippen LogP contribution in [0.3, 0.4) is 0 Å². The topological polar surface area (TPSA) is 78.3 Å². The zero-order chi connectivity index (χ0) is 21.6. The van der Waals surface area contributed by atoms with Gasteiger partial charge in [-0.2, -0.15) is 0 Å². The number of nitrogens with one attached hydrogen (secondary N) is 1. The number of aromatic nitrogens is 3. The number of hydrogen-bond acceptors (Lipinski definition) is 5. The van der Waals surface area contributed by atoms with E-state index in [4.69, 9.17) is 9.47 Å². The van der Waals surface area contributed by atoms with E-state index < -0.39 is 0 Å². The standard InChI is InChI=1S/C24H26N4O3/c1-30-20-8-6-7-17(23(20)31-2)12-15-22(29)25-19-13-10-18(11-14-19)24-27-26-21-9-4-3-5-16-28(21)24/h6-8,10-15H,3-5,9,16H2,1-2H3,(H,25,29)/b15-12+. The second-order valence-electron chi connectivity index (χ2n) is 7.38. The van der Waals surface area contributed by atoms with Crippen molar-refractivity contribution < 1.29 is 14.3 Å². The number of ether oxygens (including phenoxy) is 2. The lowest BCUT2D eigenvalue weighted by molar-refractivity contribution is -0.111. The highest BCUT2D eigenvalue weighted by Crippen LogP contribution is 2.31. The van der Waals surface area contributed by atoms with Crippen LogP contribution in [0.25, 0.3) is 17.5 Å². The van der Waals surface area contributed by atoms with Crippen molar-refractivity contribution in [3.8, 4) is 22.9 Å². The molecule has 0 saturated carbocycles. The Morgan fingerprint density at radius 1 is 1.03 bits per heavy atom. The predicted octanol–water partition coefficient (Wildman–Crippen LogP) is 4.34. The number of rotatable bonds is 6. The van der Waals surface area contributed by atoms with E-state index in [1.165, 1.54) is 12.5 Å². The molecule has 1 amide bonds. The minimum atomic E-state index is -0.228. The van der Waals surface area contributed by atoms with Crippen LogP contribution < -0.4 is 14.8 Å². The fourth-order valence-corrected chi connectivity index (χ4v) is 3.79. The van der Waals surface area contributed by atoms with Gasteiger partial charge in [0.25, 0.3) is 0 Å². The number of methoxy groups -OCH3 is 2. The Labute approximate surface area is 181 Å². The molecule has 1 N–H and O–H groups in total. The minimum absolute atomic E-state index is 0.228. The van der Waals surface area contributed by atoms with Crippen LogP contribution in [-0.4, -0.2) is 34.9 Å². The molecular formula is C24H26N4O3. The molecule has 1 aliphatic heterocycles. The Bertz CT molecular complexity index is 1090. The number of anilines is 1. The van der Waals surface area contributed by atoms with E-state index in [-0.39, 0.29) is 5.91 Å². The summed E-state index contributed by atoms with van der Waals surface area (Å²) < 4.78 is 12.9. The first-order valence-electron chi connectivity index (χ1n) is 10.4. The van der Waals surface area contributed by atoms with E-state index >= 15 is 0 Å². The van der Waals surface area contributed by atoms with Crippen LogP contribution in [0.2, 0.25) is 0 Å². The molecule has 160 valence electrons. The Kier molecular flexibility index (Phi) is 6.31. The van der Waals surface area contributed by atoms with Crippen molar-refractivity contribution in [2.24, 2.45) is 0 Å². The van der Waals surface area contributed by atoms with Crippen molar-refractivity contribution in [2.75, 3.05) is 19.5 Å². The van der Waals surface area contributed by atoms with Gasteiger partial charge in [-0.15, -0.1) is 10.2 Å². The Morgan fingerprint density at radius 2 is 1.87 bits per heavy atom.